The zero-order valence-corrected chi connectivity index (χ0v) is 15.5. The van der Waals surface area contributed by atoms with E-state index in [1.54, 1.807) is 11.2 Å². The molecule has 1 unspecified atom stereocenters. The third kappa shape index (κ3) is 2.80. The minimum Gasteiger partial charge on any atom is -0.337 e. The van der Waals surface area contributed by atoms with E-state index in [-0.39, 0.29) is 22.8 Å². The molecule has 1 aromatic carbocycles. The van der Waals surface area contributed by atoms with Crippen molar-refractivity contribution in [1.29, 1.82) is 0 Å². The summed E-state index contributed by atoms with van der Waals surface area (Å²) in [6, 6.07) is 4.13. The van der Waals surface area contributed by atoms with Crippen LogP contribution in [0.3, 0.4) is 0 Å². The normalized spacial score (nSPS) is 21.2. The molecular weight excluding hydrogens is 355 g/mol. The molecule has 7 heteroatoms. The van der Waals surface area contributed by atoms with Crippen LogP contribution in [0.15, 0.2) is 24.5 Å². The Labute approximate surface area is 157 Å². The number of hydrogen-bond acceptors (Lipinski definition) is 3. The first-order valence-corrected chi connectivity index (χ1v) is 9.54. The molecule has 0 radical (unpaired) electrons. The molecule has 1 saturated heterocycles. The minimum absolute atomic E-state index is 0.0441. The maximum atomic E-state index is 14.2. The largest absolute Gasteiger partial charge is 0.337 e. The Morgan fingerprint density at radius 2 is 2.23 bits per heavy atom. The maximum Gasteiger partial charge on any atom is 0.256 e. The Morgan fingerprint density at radius 3 is 2.92 bits per heavy atom. The van der Waals surface area contributed by atoms with Crippen LogP contribution in [0.25, 0.3) is 0 Å². The number of halogens is 2. The summed E-state index contributed by atoms with van der Waals surface area (Å²) in [5, 5.41) is 8.83. The second-order valence-electron chi connectivity index (χ2n) is 7.46. The molecule has 5 nitrogen and oxygen atoms in total. The van der Waals surface area contributed by atoms with E-state index >= 15 is 0 Å². The molecule has 1 spiro atoms. The molecule has 0 bridgehead atoms. The molecule has 0 N–H and O–H groups in total. The van der Waals surface area contributed by atoms with E-state index in [0.29, 0.717) is 18.1 Å². The molecule has 2 aliphatic rings. The highest BCUT2D eigenvalue weighted by Crippen LogP contribution is 2.55. The fourth-order valence-electron chi connectivity index (χ4n) is 4.40. The van der Waals surface area contributed by atoms with Gasteiger partial charge in [0.05, 0.1) is 5.56 Å². The van der Waals surface area contributed by atoms with E-state index in [9.17, 15) is 9.18 Å². The highest BCUT2D eigenvalue weighted by atomic mass is 35.5. The Morgan fingerprint density at radius 1 is 1.42 bits per heavy atom. The first-order chi connectivity index (χ1) is 12.5. The summed E-state index contributed by atoms with van der Waals surface area (Å²) in [5.74, 6) is 0.282. The summed E-state index contributed by atoms with van der Waals surface area (Å²) in [5.41, 5.74) is 0.0890. The van der Waals surface area contributed by atoms with Crippen molar-refractivity contribution >= 4 is 17.5 Å². The lowest BCUT2D eigenvalue weighted by atomic mass is 9.62. The molecule has 4 rings (SSSR count). The van der Waals surface area contributed by atoms with Gasteiger partial charge in [-0.1, -0.05) is 24.9 Å². The van der Waals surface area contributed by atoms with Crippen molar-refractivity contribution in [1.82, 2.24) is 19.7 Å². The zero-order valence-electron chi connectivity index (χ0n) is 14.8. The maximum absolute atomic E-state index is 14.2. The molecule has 1 saturated carbocycles. The van der Waals surface area contributed by atoms with Crippen LogP contribution < -0.4 is 0 Å². The predicted octanol–water partition coefficient (Wildman–Crippen LogP) is 3.89. The lowest BCUT2D eigenvalue weighted by molar-refractivity contribution is 0.0719. The average Bonchev–Trinajstić information content (AvgIpc) is 3.20. The molecule has 2 fully saturated rings. The van der Waals surface area contributed by atoms with Crippen molar-refractivity contribution in [2.24, 2.45) is 5.41 Å². The lowest BCUT2D eigenvalue weighted by Crippen LogP contribution is -2.38. The van der Waals surface area contributed by atoms with Crippen LogP contribution in [0, 0.1) is 11.2 Å². The number of amides is 1. The van der Waals surface area contributed by atoms with Gasteiger partial charge in [0.1, 0.15) is 18.0 Å². The molecule has 1 amide bonds. The molecule has 1 aromatic heterocycles. The lowest BCUT2D eigenvalue weighted by Gasteiger charge is -2.42. The topological polar surface area (TPSA) is 51.0 Å². The fourth-order valence-corrected chi connectivity index (χ4v) is 4.57. The number of nitrogens with zero attached hydrogens (tertiary/aromatic N) is 4. The van der Waals surface area contributed by atoms with E-state index < -0.39 is 5.82 Å². The summed E-state index contributed by atoms with van der Waals surface area (Å²) in [6.07, 6.45) is 6.07. The van der Waals surface area contributed by atoms with E-state index in [1.165, 1.54) is 18.2 Å². The SMILES string of the molecule is CCCn1cnnc1C1CN(C(=O)c2cc(Cl)ccc2F)CC12CCC2. The van der Waals surface area contributed by atoms with Crippen molar-refractivity contribution in [3.8, 4) is 0 Å². The molecular formula is C19H22ClFN4O. The highest BCUT2D eigenvalue weighted by Gasteiger charge is 2.53. The average molecular weight is 377 g/mol. The van der Waals surface area contributed by atoms with Crippen molar-refractivity contribution < 1.29 is 9.18 Å². The summed E-state index contributed by atoms with van der Waals surface area (Å²) in [4.78, 5) is 14.7. The van der Waals surface area contributed by atoms with Gasteiger partial charge in [-0.25, -0.2) is 4.39 Å². The van der Waals surface area contributed by atoms with E-state index in [1.807, 2.05) is 0 Å². The minimum atomic E-state index is -0.528. The van der Waals surface area contributed by atoms with Gasteiger partial charge in [-0.2, -0.15) is 0 Å². The van der Waals surface area contributed by atoms with Gasteiger partial charge < -0.3 is 9.47 Å². The monoisotopic (exact) mass is 376 g/mol. The van der Waals surface area contributed by atoms with Crippen molar-refractivity contribution in [2.45, 2.75) is 45.1 Å². The molecule has 2 heterocycles. The van der Waals surface area contributed by atoms with Crippen LogP contribution in [-0.4, -0.2) is 38.7 Å². The Bertz CT molecular complexity index is 833. The smallest absolute Gasteiger partial charge is 0.256 e. The number of aryl methyl sites for hydroxylation is 1. The zero-order chi connectivity index (χ0) is 18.3. The number of likely N-dealkylation sites (tertiary alicyclic amines) is 1. The summed E-state index contributed by atoms with van der Waals surface area (Å²) in [7, 11) is 0. The standard InChI is InChI=1S/C19H22ClFN4O/c1-2-8-24-12-22-23-17(24)15-10-25(11-19(15)6-3-7-19)18(26)14-9-13(20)4-5-16(14)21/h4-5,9,12,15H,2-3,6-8,10-11H2,1H3. The molecule has 1 aliphatic carbocycles. The van der Waals surface area contributed by atoms with Crippen LogP contribution in [0.4, 0.5) is 4.39 Å². The van der Waals surface area contributed by atoms with E-state index in [4.69, 9.17) is 11.6 Å². The quantitative estimate of drug-likeness (QED) is 0.813. The summed E-state index contributed by atoms with van der Waals surface area (Å²) in [6.45, 7) is 4.18. The van der Waals surface area contributed by atoms with Crippen molar-refractivity contribution in [2.75, 3.05) is 13.1 Å². The predicted molar refractivity (Wildman–Crippen MR) is 96.7 cm³/mol. The second kappa shape index (κ2) is 6.65. The Balaban J connectivity index is 1.63. The number of rotatable bonds is 4. The van der Waals surface area contributed by atoms with Gasteiger partial charge in [0.15, 0.2) is 0 Å². The van der Waals surface area contributed by atoms with Crippen LogP contribution >= 0.6 is 11.6 Å². The van der Waals surface area contributed by atoms with Gasteiger partial charge in [0, 0.05) is 30.6 Å². The van der Waals surface area contributed by atoms with Gasteiger partial charge >= 0.3 is 0 Å². The van der Waals surface area contributed by atoms with Crippen molar-refractivity contribution in [3.05, 3.63) is 46.8 Å². The molecule has 2 aromatic rings. The van der Waals surface area contributed by atoms with Crippen molar-refractivity contribution in [3.63, 3.8) is 0 Å². The Kier molecular flexibility index (Phi) is 4.47. The fraction of sp³-hybridized carbons (Fsp3) is 0.526. The molecule has 26 heavy (non-hydrogen) atoms. The van der Waals surface area contributed by atoms with Crippen LogP contribution in [0.2, 0.25) is 5.02 Å². The highest BCUT2D eigenvalue weighted by molar-refractivity contribution is 6.31. The third-order valence-corrected chi connectivity index (χ3v) is 6.10. The first kappa shape index (κ1) is 17.5. The first-order valence-electron chi connectivity index (χ1n) is 9.16. The Hall–Kier alpha value is -1.95. The number of carbonyl (C=O) groups is 1. The van der Waals surface area contributed by atoms with Gasteiger partial charge in [-0.3, -0.25) is 4.79 Å². The molecule has 1 aliphatic heterocycles. The van der Waals surface area contributed by atoms with E-state index in [0.717, 1.165) is 38.1 Å². The summed E-state index contributed by atoms with van der Waals surface area (Å²) >= 11 is 5.97. The second-order valence-corrected chi connectivity index (χ2v) is 7.90. The number of aromatic nitrogens is 3. The van der Waals surface area contributed by atoms with Gasteiger partial charge in [0.25, 0.3) is 5.91 Å². The number of benzene rings is 1. The van der Waals surface area contributed by atoms with Gasteiger partial charge in [-0.15, -0.1) is 10.2 Å². The van der Waals surface area contributed by atoms with E-state index in [2.05, 4.69) is 21.7 Å². The van der Waals surface area contributed by atoms with Crippen LogP contribution in [-0.2, 0) is 6.54 Å². The van der Waals surface area contributed by atoms with Crippen LogP contribution in [0.1, 0.15) is 54.7 Å². The van der Waals surface area contributed by atoms with Gasteiger partial charge in [-0.05, 0) is 42.9 Å². The summed E-state index contributed by atoms with van der Waals surface area (Å²) < 4.78 is 16.3. The molecule has 1 atom stereocenters. The van der Waals surface area contributed by atoms with Crippen LogP contribution in [0.5, 0.6) is 0 Å². The molecule has 138 valence electrons. The number of hydrogen-bond donors (Lipinski definition) is 0. The number of carbonyl (C=O) groups excluding carboxylic acids is 1. The van der Waals surface area contributed by atoms with Gasteiger partial charge in [0.2, 0.25) is 0 Å². The third-order valence-electron chi connectivity index (χ3n) is 5.86.